The Bertz CT molecular complexity index is 691. The van der Waals surface area contributed by atoms with Crippen LogP contribution in [0, 0.1) is 25.5 Å². The van der Waals surface area contributed by atoms with Crippen molar-refractivity contribution in [2.45, 2.75) is 45.3 Å². The standard InChI is InChI=1S/C20H23F2NO/c1-13-9-15(10-14(2)20(13)22)11-23-18(12-24)7-8-19(23)16-3-5-17(21)6-4-16/h3-6,9-10,18-19,24H,7-8,11-12H2,1-2H3/t18-,19+/m0/s1. The van der Waals surface area contributed by atoms with Crippen molar-refractivity contribution in [1.82, 2.24) is 4.90 Å². The van der Waals surface area contributed by atoms with Crippen LogP contribution in [0.25, 0.3) is 0 Å². The Morgan fingerprint density at radius 3 is 2.25 bits per heavy atom. The van der Waals surface area contributed by atoms with Crippen LogP contribution in [-0.4, -0.2) is 22.7 Å². The number of rotatable bonds is 4. The van der Waals surface area contributed by atoms with Crippen LogP contribution in [0.15, 0.2) is 36.4 Å². The van der Waals surface area contributed by atoms with Crippen LogP contribution in [0.2, 0.25) is 0 Å². The monoisotopic (exact) mass is 331 g/mol. The zero-order valence-corrected chi connectivity index (χ0v) is 14.1. The smallest absolute Gasteiger partial charge is 0.129 e. The average molecular weight is 331 g/mol. The average Bonchev–Trinajstić information content (AvgIpc) is 2.96. The number of aryl methyl sites for hydroxylation is 2. The molecule has 0 unspecified atom stereocenters. The first kappa shape index (κ1) is 17.1. The first-order valence-electron chi connectivity index (χ1n) is 8.37. The van der Waals surface area contributed by atoms with Gasteiger partial charge in [0.2, 0.25) is 0 Å². The normalized spacial score (nSPS) is 21.4. The topological polar surface area (TPSA) is 23.5 Å². The van der Waals surface area contributed by atoms with Gasteiger partial charge in [0.1, 0.15) is 11.6 Å². The lowest BCUT2D eigenvalue weighted by molar-refractivity contribution is 0.122. The summed E-state index contributed by atoms with van der Waals surface area (Å²) in [5.41, 5.74) is 3.38. The summed E-state index contributed by atoms with van der Waals surface area (Å²) in [7, 11) is 0. The summed E-state index contributed by atoms with van der Waals surface area (Å²) in [5, 5.41) is 9.71. The highest BCUT2D eigenvalue weighted by molar-refractivity contribution is 5.31. The van der Waals surface area contributed by atoms with E-state index in [9.17, 15) is 13.9 Å². The molecule has 1 saturated heterocycles. The van der Waals surface area contributed by atoms with Gasteiger partial charge < -0.3 is 5.11 Å². The zero-order valence-electron chi connectivity index (χ0n) is 14.1. The molecule has 2 atom stereocenters. The molecule has 1 aliphatic rings. The van der Waals surface area contributed by atoms with E-state index < -0.39 is 0 Å². The van der Waals surface area contributed by atoms with Gasteiger partial charge in [-0.3, -0.25) is 4.90 Å². The molecule has 0 saturated carbocycles. The van der Waals surface area contributed by atoms with E-state index in [1.54, 1.807) is 13.8 Å². The Kier molecular flexibility index (Phi) is 4.97. The second-order valence-corrected chi connectivity index (χ2v) is 6.70. The number of nitrogens with zero attached hydrogens (tertiary/aromatic N) is 1. The quantitative estimate of drug-likeness (QED) is 0.904. The molecule has 0 bridgehead atoms. The minimum atomic E-state index is -0.244. The molecule has 24 heavy (non-hydrogen) atoms. The molecular weight excluding hydrogens is 308 g/mol. The summed E-state index contributed by atoms with van der Waals surface area (Å²) in [4.78, 5) is 2.25. The number of hydrogen-bond donors (Lipinski definition) is 1. The van der Waals surface area contributed by atoms with Crippen LogP contribution in [-0.2, 0) is 6.54 Å². The van der Waals surface area contributed by atoms with E-state index in [0.29, 0.717) is 17.7 Å². The van der Waals surface area contributed by atoms with E-state index in [2.05, 4.69) is 4.90 Å². The van der Waals surface area contributed by atoms with Crippen molar-refractivity contribution in [3.05, 3.63) is 70.3 Å². The first-order valence-corrected chi connectivity index (χ1v) is 8.37. The summed E-state index contributed by atoms with van der Waals surface area (Å²) in [6.45, 7) is 4.29. The van der Waals surface area contributed by atoms with E-state index in [1.807, 2.05) is 24.3 Å². The number of likely N-dealkylation sites (tertiary alicyclic amines) is 1. The van der Waals surface area contributed by atoms with Gasteiger partial charge in [-0.05, 0) is 61.1 Å². The van der Waals surface area contributed by atoms with E-state index >= 15 is 0 Å². The summed E-state index contributed by atoms with van der Waals surface area (Å²) in [6.07, 6.45) is 1.83. The Balaban J connectivity index is 1.88. The Hall–Kier alpha value is -1.78. The minimum Gasteiger partial charge on any atom is -0.395 e. The van der Waals surface area contributed by atoms with Crippen molar-refractivity contribution in [2.75, 3.05) is 6.61 Å². The molecule has 1 heterocycles. The molecule has 0 spiro atoms. The SMILES string of the molecule is Cc1cc(CN2[C@H](CO)CC[C@@H]2c2ccc(F)cc2)cc(C)c1F. The molecule has 1 aliphatic heterocycles. The lowest BCUT2D eigenvalue weighted by Crippen LogP contribution is -2.33. The van der Waals surface area contributed by atoms with Crippen LogP contribution in [0.5, 0.6) is 0 Å². The van der Waals surface area contributed by atoms with Crippen LogP contribution in [0.1, 0.15) is 41.1 Å². The van der Waals surface area contributed by atoms with Gasteiger partial charge in [-0.2, -0.15) is 0 Å². The third-order valence-corrected chi connectivity index (χ3v) is 4.97. The summed E-state index contributed by atoms with van der Waals surface area (Å²) in [6, 6.07) is 10.5. The van der Waals surface area contributed by atoms with Gasteiger partial charge in [-0.15, -0.1) is 0 Å². The van der Waals surface area contributed by atoms with E-state index in [-0.39, 0.29) is 30.3 Å². The van der Waals surface area contributed by atoms with Gasteiger partial charge in [-0.25, -0.2) is 8.78 Å². The maximum atomic E-state index is 13.9. The van der Waals surface area contributed by atoms with E-state index in [4.69, 9.17) is 0 Å². The van der Waals surface area contributed by atoms with Crippen LogP contribution in [0.3, 0.4) is 0 Å². The van der Waals surface area contributed by atoms with Crippen molar-refractivity contribution in [3.8, 4) is 0 Å². The number of aliphatic hydroxyl groups excluding tert-OH is 1. The van der Waals surface area contributed by atoms with Gasteiger partial charge in [0.25, 0.3) is 0 Å². The molecule has 0 aromatic heterocycles. The maximum absolute atomic E-state index is 13.9. The van der Waals surface area contributed by atoms with Crippen molar-refractivity contribution in [2.24, 2.45) is 0 Å². The molecule has 1 N–H and O–H groups in total. The predicted octanol–water partition coefficient (Wildman–Crippen LogP) is 4.28. The molecular formula is C20H23F2NO. The molecule has 1 fully saturated rings. The summed E-state index contributed by atoms with van der Waals surface area (Å²) < 4.78 is 27.1. The van der Waals surface area contributed by atoms with Gasteiger partial charge in [-0.1, -0.05) is 24.3 Å². The highest BCUT2D eigenvalue weighted by Crippen LogP contribution is 2.37. The Morgan fingerprint density at radius 1 is 1.04 bits per heavy atom. The Labute approximate surface area is 141 Å². The number of halogens is 2. The van der Waals surface area contributed by atoms with E-state index in [0.717, 1.165) is 24.0 Å². The number of aliphatic hydroxyl groups is 1. The van der Waals surface area contributed by atoms with Crippen molar-refractivity contribution in [3.63, 3.8) is 0 Å². The third-order valence-electron chi connectivity index (χ3n) is 4.97. The zero-order chi connectivity index (χ0) is 17.3. The summed E-state index contributed by atoms with van der Waals surface area (Å²) >= 11 is 0. The molecule has 2 aromatic rings. The molecule has 0 amide bonds. The van der Waals surface area contributed by atoms with Gasteiger partial charge >= 0.3 is 0 Å². The largest absolute Gasteiger partial charge is 0.395 e. The molecule has 0 aliphatic carbocycles. The van der Waals surface area contributed by atoms with Gasteiger partial charge in [0.15, 0.2) is 0 Å². The highest BCUT2D eigenvalue weighted by Gasteiger charge is 2.33. The second-order valence-electron chi connectivity index (χ2n) is 6.70. The molecule has 2 aromatic carbocycles. The van der Waals surface area contributed by atoms with Crippen molar-refractivity contribution >= 4 is 0 Å². The maximum Gasteiger partial charge on any atom is 0.129 e. The molecule has 0 radical (unpaired) electrons. The molecule has 128 valence electrons. The highest BCUT2D eigenvalue weighted by atomic mass is 19.1. The minimum absolute atomic E-state index is 0.0747. The van der Waals surface area contributed by atoms with Gasteiger partial charge in [0, 0.05) is 18.6 Å². The molecule has 4 heteroatoms. The van der Waals surface area contributed by atoms with Crippen LogP contribution >= 0.6 is 0 Å². The fourth-order valence-electron chi connectivity index (χ4n) is 3.75. The summed E-state index contributed by atoms with van der Waals surface area (Å²) in [5.74, 6) is -0.402. The van der Waals surface area contributed by atoms with Crippen LogP contribution in [0.4, 0.5) is 8.78 Å². The van der Waals surface area contributed by atoms with Gasteiger partial charge in [0.05, 0.1) is 6.61 Å². The fraction of sp³-hybridized carbons (Fsp3) is 0.400. The molecule has 3 rings (SSSR count). The molecule has 2 nitrogen and oxygen atoms in total. The van der Waals surface area contributed by atoms with E-state index in [1.165, 1.54) is 12.1 Å². The number of benzene rings is 2. The fourth-order valence-corrected chi connectivity index (χ4v) is 3.75. The lowest BCUT2D eigenvalue weighted by atomic mass is 10.0. The third kappa shape index (κ3) is 3.35. The second kappa shape index (κ2) is 6.99. The lowest BCUT2D eigenvalue weighted by Gasteiger charge is -2.30. The number of hydrogen-bond acceptors (Lipinski definition) is 2. The Morgan fingerprint density at radius 2 is 1.67 bits per heavy atom. The van der Waals surface area contributed by atoms with Crippen molar-refractivity contribution in [1.29, 1.82) is 0 Å². The van der Waals surface area contributed by atoms with Crippen LogP contribution < -0.4 is 0 Å². The van der Waals surface area contributed by atoms with Crippen molar-refractivity contribution < 1.29 is 13.9 Å². The predicted molar refractivity (Wildman–Crippen MR) is 90.7 cm³/mol. The first-order chi connectivity index (χ1) is 11.5.